The van der Waals surface area contributed by atoms with Crippen molar-refractivity contribution >= 4 is 17.1 Å². The second kappa shape index (κ2) is 5.98. The summed E-state index contributed by atoms with van der Waals surface area (Å²) in [5, 5.41) is 0. The Morgan fingerprint density at radius 1 is 1.21 bits per heavy atom. The molecule has 2 rings (SSSR count). The van der Waals surface area contributed by atoms with E-state index in [1.165, 1.54) is 10.4 Å². The number of Topliss-reactive ketones (excluding diaryl/α,β-unsaturated/α-hetero) is 1. The molecule has 0 amide bonds. The summed E-state index contributed by atoms with van der Waals surface area (Å²) in [4.78, 5) is 14.6. The van der Waals surface area contributed by atoms with Gasteiger partial charge in [-0.25, -0.2) is 0 Å². The Kier molecular flexibility index (Phi) is 4.33. The van der Waals surface area contributed by atoms with Gasteiger partial charge in [-0.15, -0.1) is 11.3 Å². The highest BCUT2D eigenvalue weighted by Gasteiger charge is 2.11. The Hall–Kier alpha value is -1.67. The van der Waals surface area contributed by atoms with E-state index >= 15 is 0 Å². The van der Waals surface area contributed by atoms with Crippen molar-refractivity contribution in [2.24, 2.45) is 0 Å². The highest BCUT2D eigenvalue weighted by atomic mass is 32.1. The molecule has 0 aliphatic rings. The molecule has 0 saturated carbocycles. The summed E-state index contributed by atoms with van der Waals surface area (Å²) < 4.78 is 0. The molecule has 0 fully saturated rings. The van der Waals surface area contributed by atoms with Crippen LogP contribution in [0, 0.1) is 6.92 Å². The fourth-order valence-electron chi connectivity index (χ4n) is 2.06. The van der Waals surface area contributed by atoms with Crippen molar-refractivity contribution in [3.05, 3.63) is 69.4 Å². The summed E-state index contributed by atoms with van der Waals surface area (Å²) >= 11 is 1.72. The molecule has 0 saturated heterocycles. The highest BCUT2D eigenvalue weighted by Crippen LogP contribution is 2.24. The zero-order valence-corrected chi connectivity index (χ0v) is 12.2. The van der Waals surface area contributed by atoms with Gasteiger partial charge in [0.15, 0.2) is 5.78 Å². The van der Waals surface area contributed by atoms with Gasteiger partial charge < -0.3 is 0 Å². The zero-order valence-electron chi connectivity index (χ0n) is 11.4. The third-order valence-corrected chi connectivity index (χ3v) is 4.09. The van der Waals surface area contributed by atoms with E-state index in [9.17, 15) is 4.79 Å². The number of carbonyl (C=O) groups excluding carboxylic acids is 1. The SMILES string of the molecule is C=C(C)Cc1cc(CC(=O)c2ccccc2)sc1C. The van der Waals surface area contributed by atoms with Crippen LogP contribution in [0.15, 0.2) is 48.6 Å². The molecule has 2 aromatic rings. The van der Waals surface area contributed by atoms with E-state index < -0.39 is 0 Å². The van der Waals surface area contributed by atoms with Crippen LogP contribution in [0.3, 0.4) is 0 Å². The summed E-state index contributed by atoms with van der Waals surface area (Å²) in [6.45, 7) is 8.09. The lowest BCUT2D eigenvalue weighted by atomic mass is 10.1. The largest absolute Gasteiger partial charge is 0.294 e. The van der Waals surface area contributed by atoms with Gasteiger partial charge in [-0.2, -0.15) is 0 Å². The standard InChI is InChI=1S/C17H18OS/c1-12(2)9-15-10-16(19-13(15)3)11-17(18)14-7-5-4-6-8-14/h4-8,10H,1,9,11H2,2-3H3. The average Bonchev–Trinajstić information content (AvgIpc) is 2.70. The number of rotatable bonds is 5. The molecule has 0 spiro atoms. The molecule has 0 aliphatic heterocycles. The minimum Gasteiger partial charge on any atom is -0.294 e. The Balaban J connectivity index is 2.12. The molecule has 1 heterocycles. The molecule has 0 aliphatic carbocycles. The molecule has 19 heavy (non-hydrogen) atoms. The van der Waals surface area contributed by atoms with E-state index in [-0.39, 0.29) is 5.78 Å². The second-order valence-corrected chi connectivity index (χ2v) is 6.23. The van der Waals surface area contributed by atoms with Crippen molar-refractivity contribution in [2.75, 3.05) is 0 Å². The van der Waals surface area contributed by atoms with Gasteiger partial charge in [0.05, 0.1) is 0 Å². The maximum absolute atomic E-state index is 12.1. The third-order valence-electron chi connectivity index (χ3n) is 2.99. The van der Waals surface area contributed by atoms with Crippen LogP contribution >= 0.6 is 11.3 Å². The van der Waals surface area contributed by atoms with Crippen LogP contribution in [-0.4, -0.2) is 5.78 Å². The van der Waals surface area contributed by atoms with Gasteiger partial charge >= 0.3 is 0 Å². The first-order valence-corrected chi connectivity index (χ1v) is 7.18. The Morgan fingerprint density at radius 2 is 1.89 bits per heavy atom. The number of hydrogen-bond acceptors (Lipinski definition) is 2. The van der Waals surface area contributed by atoms with E-state index in [1.807, 2.05) is 37.3 Å². The minimum atomic E-state index is 0.184. The normalized spacial score (nSPS) is 10.4. The predicted octanol–water partition coefficient (Wildman–Crippen LogP) is 4.60. The van der Waals surface area contributed by atoms with Crippen LogP contribution in [0.2, 0.25) is 0 Å². The van der Waals surface area contributed by atoms with Gasteiger partial charge in [-0.1, -0.05) is 42.5 Å². The molecular formula is C17H18OS. The van der Waals surface area contributed by atoms with Crippen LogP contribution in [0.5, 0.6) is 0 Å². The third kappa shape index (κ3) is 3.65. The second-order valence-electron chi connectivity index (χ2n) is 4.89. The fraction of sp³-hybridized carbons (Fsp3) is 0.235. The minimum absolute atomic E-state index is 0.184. The van der Waals surface area contributed by atoms with E-state index in [1.54, 1.807) is 11.3 Å². The fourth-order valence-corrected chi connectivity index (χ4v) is 3.12. The van der Waals surface area contributed by atoms with Gasteiger partial charge in [0, 0.05) is 21.7 Å². The highest BCUT2D eigenvalue weighted by molar-refractivity contribution is 7.12. The van der Waals surface area contributed by atoms with Crippen LogP contribution in [-0.2, 0) is 12.8 Å². The molecule has 98 valence electrons. The monoisotopic (exact) mass is 270 g/mol. The van der Waals surface area contributed by atoms with Crippen LogP contribution in [0.1, 0.15) is 32.6 Å². The maximum Gasteiger partial charge on any atom is 0.168 e. The lowest BCUT2D eigenvalue weighted by Gasteiger charge is -1.98. The first-order valence-electron chi connectivity index (χ1n) is 6.37. The molecule has 0 unspecified atom stereocenters. The summed E-state index contributed by atoms with van der Waals surface area (Å²) in [5.74, 6) is 0.184. The molecule has 0 atom stereocenters. The Bertz CT molecular complexity index is 593. The van der Waals surface area contributed by atoms with Crippen molar-refractivity contribution < 1.29 is 4.79 Å². The molecule has 0 bridgehead atoms. The maximum atomic E-state index is 12.1. The number of benzene rings is 1. The molecule has 1 aromatic heterocycles. The Morgan fingerprint density at radius 3 is 2.53 bits per heavy atom. The molecular weight excluding hydrogens is 252 g/mol. The molecule has 1 nitrogen and oxygen atoms in total. The van der Waals surface area contributed by atoms with E-state index in [0.29, 0.717) is 6.42 Å². The first-order chi connectivity index (χ1) is 9.06. The van der Waals surface area contributed by atoms with Crippen molar-refractivity contribution in [1.29, 1.82) is 0 Å². The van der Waals surface area contributed by atoms with Crippen LogP contribution in [0.4, 0.5) is 0 Å². The number of carbonyl (C=O) groups is 1. The summed E-state index contributed by atoms with van der Waals surface area (Å²) in [6, 6.07) is 11.6. The summed E-state index contributed by atoms with van der Waals surface area (Å²) in [5.41, 5.74) is 3.24. The van der Waals surface area contributed by atoms with Gasteiger partial charge in [0.2, 0.25) is 0 Å². The van der Waals surface area contributed by atoms with Crippen molar-refractivity contribution in [2.45, 2.75) is 26.7 Å². The average molecular weight is 270 g/mol. The molecule has 0 radical (unpaired) electrons. The van der Waals surface area contributed by atoms with E-state index in [0.717, 1.165) is 22.4 Å². The molecule has 2 heteroatoms. The zero-order chi connectivity index (χ0) is 13.8. The van der Waals surface area contributed by atoms with E-state index in [4.69, 9.17) is 0 Å². The quantitative estimate of drug-likeness (QED) is 0.573. The number of aryl methyl sites for hydroxylation is 1. The van der Waals surface area contributed by atoms with Crippen molar-refractivity contribution in [3.8, 4) is 0 Å². The molecule has 0 N–H and O–H groups in total. The number of ketones is 1. The number of hydrogen-bond donors (Lipinski definition) is 0. The van der Waals surface area contributed by atoms with Gasteiger partial charge in [0.25, 0.3) is 0 Å². The Labute approximate surface area is 118 Å². The van der Waals surface area contributed by atoms with Gasteiger partial charge in [-0.3, -0.25) is 4.79 Å². The topological polar surface area (TPSA) is 17.1 Å². The van der Waals surface area contributed by atoms with Crippen LogP contribution in [0.25, 0.3) is 0 Å². The summed E-state index contributed by atoms with van der Waals surface area (Å²) in [7, 11) is 0. The lowest BCUT2D eigenvalue weighted by Crippen LogP contribution is -2.01. The van der Waals surface area contributed by atoms with Crippen molar-refractivity contribution in [1.82, 2.24) is 0 Å². The van der Waals surface area contributed by atoms with Crippen LogP contribution < -0.4 is 0 Å². The first kappa shape index (κ1) is 13.8. The van der Waals surface area contributed by atoms with Gasteiger partial charge in [-0.05, 0) is 31.9 Å². The summed E-state index contributed by atoms with van der Waals surface area (Å²) in [6.07, 6.45) is 1.40. The van der Waals surface area contributed by atoms with Gasteiger partial charge in [0.1, 0.15) is 0 Å². The number of thiophene rings is 1. The van der Waals surface area contributed by atoms with E-state index in [2.05, 4.69) is 19.6 Å². The molecule has 1 aromatic carbocycles. The lowest BCUT2D eigenvalue weighted by molar-refractivity contribution is 0.0994. The smallest absolute Gasteiger partial charge is 0.168 e. The van der Waals surface area contributed by atoms with Crippen molar-refractivity contribution in [3.63, 3.8) is 0 Å². The number of allylic oxidation sites excluding steroid dienone is 1. The predicted molar refractivity (Wildman–Crippen MR) is 82.1 cm³/mol.